The highest BCUT2D eigenvalue weighted by Crippen LogP contribution is 2.50. The zero-order chi connectivity index (χ0) is 13.4. The maximum absolute atomic E-state index is 6.68. The lowest BCUT2D eigenvalue weighted by Crippen LogP contribution is -2.73. The lowest BCUT2D eigenvalue weighted by atomic mass is 9.54. The second-order valence-corrected chi connectivity index (χ2v) is 6.73. The monoisotopic (exact) mass is 254 g/mol. The van der Waals surface area contributed by atoms with E-state index in [1.807, 2.05) is 0 Å². The lowest BCUT2D eigenvalue weighted by molar-refractivity contribution is -0.156. The molecule has 3 nitrogen and oxygen atoms in total. The van der Waals surface area contributed by atoms with Crippen LogP contribution in [0.3, 0.4) is 0 Å². The first-order valence-corrected chi connectivity index (χ1v) is 7.59. The summed E-state index contributed by atoms with van der Waals surface area (Å²) in [4.78, 5) is 2.61. The number of nitrogens with two attached hydrogens (primary N) is 1. The Kier molecular flexibility index (Phi) is 4.05. The summed E-state index contributed by atoms with van der Waals surface area (Å²) >= 11 is 0. The van der Waals surface area contributed by atoms with Crippen LogP contribution >= 0.6 is 0 Å². The van der Waals surface area contributed by atoms with Crippen molar-refractivity contribution in [1.82, 2.24) is 4.90 Å². The summed E-state index contributed by atoms with van der Waals surface area (Å²) in [7, 11) is 0. The topological polar surface area (TPSA) is 38.5 Å². The Morgan fingerprint density at radius 3 is 2.39 bits per heavy atom. The minimum absolute atomic E-state index is 0.0649. The molecule has 3 heteroatoms. The van der Waals surface area contributed by atoms with Gasteiger partial charge in [0, 0.05) is 30.1 Å². The lowest BCUT2D eigenvalue weighted by Gasteiger charge is -2.60. The Balaban J connectivity index is 1.95. The van der Waals surface area contributed by atoms with E-state index in [1.165, 1.54) is 25.8 Å². The molecule has 2 unspecified atom stereocenters. The summed E-state index contributed by atoms with van der Waals surface area (Å²) in [6.45, 7) is 11.9. The van der Waals surface area contributed by atoms with Crippen LogP contribution in [-0.4, -0.2) is 42.3 Å². The average Bonchev–Trinajstić information content (AvgIpc) is 3.12. The maximum Gasteiger partial charge on any atom is 0.0662 e. The summed E-state index contributed by atoms with van der Waals surface area (Å²) in [5, 5.41) is 0. The van der Waals surface area contributed by atoms with Crippen LogP contribution in [0.4, 0.5) is 0 Å². The summed E-state index contributed by atoms with van der Waals surface area (Å²) in [6.07, 6.45) is 5.31. The fourth-order valence-electron chi connectivity index (χ4n) is 3.26. The molecule has 2 aliphatic rings. The standard InChI is InChI=1S/C15H30N2O/c1-5-9-17(12-7-8-12)11-15(16)10-13(18-6-2)14(15,3)4/h12-13H,5-11,16H2,1-4H3. The number of hydrogen-bond acceptors (Lipinski definition) is 3. The molecule has 106 valence electrons. The molecule has 0 spiro atoms. The molecule has 2 rings (SSSR count). The van der Waals surface area contributed by atoms with Crippen molar-refractivity contribution in [2.45, 2.75) is 71.1 Å². The first-order chi connectivity index (χ1) is 8.44. The maximum atomic E-state index is 6.68. The van der Waals surface area contributed by atoms with Crippen molar-refractivity contribution < 1.29 is 4.74 Å². The van der Waals surface area contributed by atoms with Gasteiger partial charge in [-0.15, -0.1) is 0 Å². The van der Waals surface area contributed by atoms with E-state index in [1.54, 1.807) is 0 Å². The zero-order valence-electron chi connectivity index (χ0n) is 12.5. The molecule has 0 aromatic heterocycles. The van der Waals surface area contributed by atoms with Crippen molar-refractivity contribution in [2.24, 2.45) is 11.1 Å². The van der Waals surface area contributed by atoms with Crippen LogP contribution in [-0.2, 0) is 4.74 Å². The predicted octanol–water partition coefficient (Wildman–Crippen LogP) is 2.39. The summed E-state index contributed by atoms with van der Waals surface area (Å²) < 4.78 is 5.81. The van der Waals surface area contributed by atoms with Crippen LogP contribution < -0.4 is 5.73 Å². The number of rotatable bonds is 7. The third-order valence-electron chi connectivity index (χ3n) is 5.07. The van der Waals surface area contributed by atoms with Gasteiger partial charge in [0.25, 0.3) is 0 Å². The van der Waals surface area contributed by atoms with Crippen LogP contribution in [0.15, 0.2) is 0 Å². The van der Waals surface area contributed by atoms with Gasteiger partial charge in [-0.3, -0.25) is 4.90 Å². The molecule has 2 aliphatic carbocycles. The predicted molar refractivity (Wildman–Crippen MR) is 75.6 cm³/mol. The molecule has 0 radical (unpaired) electrons. The fraction of sp³-hybridized carbons (Fsp3) is 1.00. The van der Waals surface area contributed by atoms with Gasteiger partial charge < -0.3 is 10.5 Å². The molecule has 0 amide bonds. The van der Waals surface area contributed by atoms with Gasteiger partial charge in [-0.25, -0.2) is 0 Å². The van der Waals surface area contributed by atoms with E-state index in [9.17, 15) is 0 Å². The molecule has 0 aromatic carbocycles. The van der Waals surface area contributed by atoms with E-state index in [4.69, 9.17) is 10.5 Å². The van der Waals surface area contributed by atoms with Gasteiger partial charge in [0.2, 0.25) is 0 Å². The Labute approximate surface area is 112 Å². The first kappa shape index (κ1) is 14.3. The summed E-state index contributed by atoms with van der Waals surface area (Å²) in [5.74, 6) is 0. The van der Waals surface area contributed by atoms with E-state index in [2.05, 4.69) is 32.6 Å². The molecule has 0 heterocycles. The van der Waals surface area contributed by atoms with Crippen molar-refractivity contribution in [3.63, 3.8) is 0 Å². The molecule has 18 heavy (non-hydrogen) atoms. The van der Waals surface area contributed by atoms with Gasteiger partial charge in [0.1, 0.15) is 0 Å². The van der Waals surface area contributed by atoms with Crippen molar-refractivity contribution in [2.75, 3.05) is 19.7 Å². The van der Waals surface area contributed by atoms with Crippen LogP contribution in [0.5, 0.6) is 0 Å². The van der Waals surface area contributed by atoms with E-state index >= 15 is 0 Å². The van der Waals surface area contributed by atoms with Crippen molar-refractivity contribution in [1.29, 1.82) is 0 Å². The molecular formula is C15H30N2O. The quantitative estimate of drug-likeness (QED) is 0.758. The minimum atomic E-state index is -0.0649. The second kappa shape index (κ2) is 5.10. The van der Waals surface area contributed by atoms with Gasteiger partial charge in [-0.05, 0) is 39.2 Å². The van der Waals surface area contributed by atoms with Crippen LogP contribution in [0.2, 0.25) is 0 Å². The van der Waals surface area contributed by atoms with Gasteiger partial charge in [0.15, 0.2) is 0 Å². The fourth-order valence-corrected chi connectivity index (χ4v) is 3.26. The minimum Gasteiger partial charge on any atom is -0.378 e. The van der Waals surface area contributed by atoms with Gasteiger partial charge in [-0.2, -0.15) is 0 Å². The molecular weight excluding hydrogens is 224 g/mol. The van der Waals surface area contributed by atoms with E-state index < -0.39 is 0 Å². The van der Waals surface area contributed by atoms with Gasteiger partial charge >= 0.3 is 0 Å². The number of hydrogen-bond donors (Lipinski definition) is 1. The Hall–Kier alpha value is -0.120. The van der Waals surface area contributed by atoms with E-state index in [-0.39, 0.29) is 11.0 Å². The highest BCUT2D eigenvalue weighted by molar-refractivity contribution is 5.15. The third kappa shape index (κ3) is 2.45. The van der Waals surface area contributed by atoms with E-state index in [0.29, 0.717) is 6.10 Å². The van der Waals surface area contributed by atoms with Crippen molar-refractivity contribution in [3.05, 3.63) is 0 Å². The molecule has 0 aliphatic heterocycles. The SMILES string of the molecule is CCCN(CC1(N)CC(OCC)C1(C)C)C1CC1. The number of nitrogens with zero attached hydrogens (tertiary/aromatic N) is 1. The normalized spacial score (nSPS) is 34.7. The van der Waals surface area contributed by atoms with Gasteiger partial charge in [0.05, 0.1) is 6.10 Å². The van der Waals surface area contributed by atoms with Crippen molar-refractivity contribution in [3.8, 4) is 0 Å². The summed E-state index contributed by atoms with van der Waals surface area (Å²) in [6, 6.07) is 0.812. The zero-order valence-corrected chi connectivity index (χ0v) is 12.5. The largest absolute Gasteiger partial charge is 0.378 e. The van der Waals surface area contributed by atoms with Crippen LogP contribution in [0, 0.1) is 5.41 Å². The van der Waals surface area contributed by atoms with Crippen LogP contribution in [0.25, 0.3) is 0 Å². The summed E-state index contributed by atoms with van der Waals surface area (Å²) in [5.41, 5.74) is 6.71. The Bertz CT molecular complexity index is 288. The molecule has 0 bridgehead atoms. The smallest absolute Gasteiger partial charge is 0.0662 e. The average molecular weight is 254 g/mol. The van der Waals surface area contributed by atoms with E-state index in [0.717, 1.165) is 25.6 Å². The highest BCUT2D eigenvalue weighted by Gasteiger charge is 2.59. The van der Waals surface area contributed by atoms with Crippen LogP contribution in [0.1, 0.15) is 53.4 Å². The molecule has 2 atom stereocenters. The molecule has 2 N–H and O–H groups in total. The Morgan fingerprint density at radius 1 is 1.28 bits per heavy atom. The molecule has 2 fully saturated rings. The molecule has 0 aromatic rings. The third-order valence-corrected chi connectivity index (χ3v) is 5.07. The first-order valence-electron chi connectivity index (χ1n) is 7.59. The van der Waals surface area contributed by atoms with Crippen molar-refractivity contribution >= 4 is 0 Å². The number of ether oxygens (including phenoxy) is 1. The molecule has 0 saturated heterocycles. The Morgan fingerprint density at radius 2 is 1.94 bits per heavy atom. The highest BCUT2D eigenvalue weighted by atomic mass is 16.5. The second-order valence-electron chi connectivity index (χ2n) is 6.73. The van der Waals surface area contributed by atoms with Gasteiger partial charge in [-0.1, -0.05) is 20.8 Å². The molecule has 2 saturated carbocycles.